The number of hydrogen-bond acceptors (Lipinski definition) is 6. The molecule has 0 spiro atoms. The van der Waals surface area contributed by atoms with E-state index in [9.17, 15) is 14.8 Å². The third kappa shape index (κ3) is 6.52. The van der Waals surface area contributed by atoms with Gasteiger partial charge in [-0.1, -0.05) is 48.0 Å². The molecule has 5 rings (SSSR count). The van der Waals surface area contributed by atoms with E-state index >= 15 is 0 Å². The van der Waals surface area contributed by atoms with Gasteiger partial charge in [0.2, 0.25) is 0 Å². The molecule has 1 heterocycles. The lowest BCUT2D eigenvalue weighted by atomic mass is 9.96. The van der Waals surface area contributed by atoms with Gasteiger partial charge in [0.05, 0.1) is 16.7 Å². The molecule has 210 valence electrons. The van der Waals surface area contributed by atoms with Gasteiger partial charge in [0, 0.05) is 47.7 Å². The molecule has 8 heteroatoms. The van der Waals surface area contributed by atoms with Gasteiger partial charge in [0.1, 0.15) is 36.1 Å². The van der Waals surface area contributed by atoms with Crippen LogP contribution in [0.2, 0.25) is 5.02 Å². The molecule has 1 aliphatic carbocycles. The van der Waals surface area contributed by atoms with E-state index in [0.717, 1.165) is 40.7 Å². The van der Waals surface area contributed by atoms with Gasteiger partial charge < -0.3 is 19.9 Å². The largest absolute Gasteiger partial charge is 0.488 e. The zero-order chi connectivity index (χ0) is 28.9. The van der Waals surface area contributed by atoms with Crippen molar-refractivity contribution in [1.82, 2.24) is 10.3 Å². The lowest BCUT2D eigenvalue weighted by Crippen LogP contribution is -2.35. The molecule has 41 heavy (non-hydrogen) atoms. The van der Waals surface area contributed by atoms with Gasteiger partial charge in [0.25, 0.3) is 0 Å². The molecule has 3 aromatic carbocycles. The molecule has 4 aromatic rings. The number of halogens is 2. The van der Waals surface area contributed by atoms with Crippen molar-refractivity contribution in [3.8, 4) is 28.7 Å². The van der Waals surface area contributed by atoms with Crippen LogP contribution in [0.3, 0.4) is 0 Å². The minimum Gasteiger partial charge on any atom is -0.488 e. The second-order valence-corrected chi connectivity index (χ2v) is 10.7. The molecule has 0 radical (unpaired) electrons. The van der Waals surface area contributed by atoms with Gasteiger partial charge in [-0.05, 0) is 61.6 Å². The molecule has 0 amide bonds. The molecule has 0 saturated heterocycles. The first kappa shape index (κ1) is 28.6. The van der Waals surface area contributed by atoms with Crippen LogP contribution in [0.5, 0.6) is 11.5 Å². The Morgan fingerprint density at radius 3 is 2.68 bits per heavy atom. The summed E-state index contributed by atoms with van der Waals surface area (Å²) in [6.07, 6.45) is 3.86. The monoisotopic (exact) mass is 571 g/mol. The Labute approximate surface area is 244 Å². The summed E-state index contributed by atoms with van der Waals surface area (Å²) in [6, 6.07) is 20.0. The Morgan fingerprint density at radius 2 is 1.90 bits per heavy atom. The molecule has 3 atom stereocenters. The highest BCUT2D eigenvalue weighted by Crippen LogP contribution is 2.43. The smallest absolute Gasteiger partial charge is 0.142 e. The maximum absolute atomic E-state index is 14.6. The first-order chi connectivity index (χ1) is 19.8. The summed E-state index contributed by atoms with van der Waals surface area (Å²) in [5.41, 5.74) is 5.55. The lowest BCUT2D eigenvalue weighted by Gasteiger charge is -2.21. The van der Waals surface area contributed by atoms with E-state index in [-0.39, 0.29) is 24.6 Å². The average Bonchev–Trinajstić information content (AvgIpc) is 3.39. The zero-order valence-corrected chi connectivity index (χ0v) is 23.7. The number of fused-ring (bicyclic) bond motifs is 1. The van der Waals surface area contributed by atoms with E-state index in [1.807, 2.05) is 37.3 Å². The van der Waals surface area contributed by atoms with E-state index in [2.05, 4.69) is 16.4 Å². The molecular weight excluding hydrogens is 541 g/mol. The fraction of sp³-hybridized carbons (Fsp3) is 0.273. The van der Waals surface area contributed by atoms with Gasteiger partial charge >= 0.3 is 0 Å². The van der Waals surface area contributed by atoms with Gasteiger partial charge in [-0.15, -0.1) is 0 Å². The highest BCUT2D eigenvalue weighted by Gasteiger charge is 2.28. The van der Waals surface area contributed by atoms with Crippen molar-refractivity contribution in [1.29, 1.82) is 5.26 Å². The standard InChI is InChI=1S/C33H31ClFN3O3/c1-20(21(2)39)38-18-24-13-29(34)33(14-32(24)40-19-23-12-22(15-36)16-37-17-23)41-31-11-10-26-25(7-5-8-28(26)31)27-6-3-4-9-30(27)35/h3-9,12-14,16-17,20-21,31,38-39H,10-11,18-19H2,1-2H3/t20?,21?,31-/m0/s1. The number of nitrogens with one attached hydrogen (secondary N) is 1. The van der Waals surface area contributed by atoms with E-state index in [1.165, 1.54) is 12.3 Å². The van der Waals surface area contributed by atoms with Gasteiger partial charge in [-0.3, -0.25) is 4.98 Å². The van der Waals surface area contributed by atoms with Crippen molar-refractivity contribution in [3.05, 3.63) is 112 Å². The SMILES string of the molecule is CC(O)C(C)NCc1cc(Cl)c(O[C@H]2CCc3c(-c4ccccc4F)cccc32)cc1OCc1cncc(C#N)c1. The summed E-state index contributed by atoms with van der Waals surface area (Å²) in [4.78, 5) is 4.11. The Kier molecular flexibility index (Phi) is 8.84. The van der Waals surface area contributed by atoms with Crippen LogP contribution in [0, 0.1) is 17.1 Å². The van der Waals surface area contributed by atoms with Crippen molar-refractivity contribution < 1.29 is 19.0 Å². The molecule has 0 fully saturated rings. The summed E-state index contributed by atoms with van der Waals surface area (Å²) in [6.45, 7) is 4.23. The minimum absolute atomic E-state index is 0.146. The Bertz CT molecular complexity index is 1590. The van der Waals surface area contributed by atoms with Crippen LogP contribution < -0.4 is 14.8 Å². The second kappa shape index (κ2) is 12.7. The van der Waals surface area contributed by atoms with Crippen molar-refractivity contribution in [3.63, 3.8) is 0 Å². The van der Waals surface area contributed by atoms with E-state index < -0.39 is 6.10 Å². The number of pyridine rings is 1. The summed E-state index contributed by atoms with van der Waals surface area (Å²) < 4.78 is 27.3. The van der Waals surface area contributed by atoms with Crippen molar-refractivity contribution in [2.45, 2.75) is 58.1 Å². The molecule has 6 nitrogen and oxygen atoms in total. The van der Waals surface area contributed by atoms with Crippen LogP contribution in [-0.2, 0) is 19.6 Å². The number of benzene rings is 3. The maximum atomic E-state index is 14.6. The molecule has 1 aliphatic rings. The number of aliphatic hydroxyl groups is 1. The third-order valence-electron chi connectivity index (χ3n) is 7.42. The minimum atomic E-state index is -0.533. The fourth-order valence-corrected chi connectivity index (χ4v) is 5.22. The fourth-order valence-electron chi connectivity index (χ4n) is 4.99. The number of nitriles is 1. The molecular formula is C33H31ClFN3O3. The number of nitrogens with zero attached hydrogens (tertiary/aromatic N) is 2. The molecule has 0 saturated carbocycles. The van der Waals surface area contributed by atoms with Crippen LogP contribution in [0.25, 0.3) is 11.1 Å². The quantitative estimate of drug-likeness (QED) is 0.215. The van der Waals surface area contributed by atoms with Crippen LogP contribution in [-0.4, -0.2) is 22.2 Å². The van der Waals surface area contributed by atoms with Gasteiger partial charge in [-0.25, -0.2) is 4.39 Å². The number of ether oxygens (including phenoxy) is 2. The van der Waals surface area contributed by atoms with Crippen LogP contribution in [0.1, 0.15) is 54.2 Å². The Balaban J connectivity index is 1.42. The van der Waals surface area contributed by atoms with Crippen LogP contribution in [0.4, 0.5) is 4.39 Å². The Morgan fingerprint density at radius 1 is 1.10 bits per heavy atom. The maximum Gasteiger partial charge on any atom is 0.142 e. The number of rotatable bonds is 10. The van der Waals surface area contributed by atoms with Gasteiger partial charge in [0.15, 0.2) is 0 Å². The number of aliphatic hydroxyl groups excluding tert-OH is 1. The van der Waals surface area contributed by atoms with Crippen LogP contribution in [0.15, 0.2) is 73.1 Å². The first-order valence-electron chi connectivity index (χ1n) is 13.6. The van der Waals surface area contributed by atoms with Crippen molar-refractivity contribution in [2.24, 2.45) is 0 Å². The molecule has 0 aliphatic heterocycles. The van der Waals surface area contributed by atoms with E-state index in [4.69, 9.17) is 21.1 Å². The third-order valence-corrected chi connectivity index (χ3v) is 7.72. The Hall–Kier alpha value is -3.96. The second-order valence-electron chi connectivity index (χ2n) is 10.3. The summed E-state index contributed by atoms with van der Waals surface area (Å²) >= 11 is 6.74. The van der Waals surface area contributed by atoms with Gasteiger partial charge in [-0.2, -0.15) is 5.26 Å². The summed E-state index contributed by atoms with van der Waals surface area (Å²) in [5.74, 6) is 0.794. The lowest BCUT2D eigenvalue weighted by molar-refractivity contribution is 0.152. The van der Waals surface area contributed by atoms with Crippen molar-refractivity contribution in [2.75, 3.05) is 0 Å². The molecule has 0 bridgehead atoms. The molecule has 2 unspecified atom stereocenters. The topological polar surface area (TPSA) is 87.4 Å². The zero-order valence-electron chi connectivity index (χ0n) is 22.9. The van der Waals surface area contributed by atoms with Crippen molar-refractivity contribution >= 4 is 11.6 Å². The number of hydrogen-bond donors (Lipinski definition) is 2. The predicted molar refractivity (Wildman–Crippen MR) is 156 cm³/mol. The first-order valence-corrected chi connectivity index (χ1v) is 14.0. The predicted octanol–water partition coefficient (Wildman–Crippen LogP) is 6.92. The van der Waals surface area contributed by atoms with E-state index in [0.29, 0.717) is 34.2 Å². The summed E-state index contributed by atoms with van der Waals surface area (Å²) in [5, 5.41) is 22.9. The highest BCUT2D eigenvalue weighted by atomic mass is 35.5. The molecule has 2 N–H and O–H groups in total. The number of aromatic nitrogens is 1. The average molecular weight is 572 g/mol. The normalized spacial score (nSPS) is 15.6. The molecule has 1 aromatic heterocycles. The van der Waals surface area contributed by atoms with Crippen LogP contribution >= 0.6 is 11.6 Å². The van der Waals surface area contributed by atoms with E-state index in [1.54, 1.807) is 37.4 Å². The highest BCUT2D eigenvalue weighted by molar-refractivity contribution is 6.32. The summed E-state index contributed by atoms with van der Waals surface area (Å²) in [7, 11) is 0.